The zero-order valence-electron chi connectivity index (χ0n) is 10.6. The van der Waals surface area contributed by atoms with Gasteiger partial charge in [-0.25, -0.2) is 4.39 Å². The van der Waals surface area contributed by atoms with Gasteiger partial charge in [-0.3, -0.25) is 0 Å². The molecule has 1 aromatic carbocycles. The first-order valence-electron chi connectivity index (χ1n) is 6.22. The lowest BCUT2D eigenvalue weighted by atomic mass is 9.94. The average molecular weight is 252 g/mol. The van der Waals surface area contributed by atoms with Crippen molar-refractivity contribution in [3.05, 3.63) is 23.3 Å². The molecule has 2 aliphatic rings. The highest BCUT2D eigenvalue weighted by molar-refractivity contribution is 5.52. The van der Waals surface area contributed by atoms with Crippen LogP contribution in [-0.2, 0) is 12.1 Å². The molecule has 1 aromatic rings. The minimum atomic E-state index is -1.43. The molecule has 0 aromatic heterocycles. The summed E-state index contributed by atoms with van der Waals surface area (Å²) < 4.78 is 24.8. The molecule has 1 aliphatic carbocycles. The number of benzene rings is 1. The zero-order chi connectivity index (χ0) is 13.0. The van der Waals surface area contributed by atoms with Gasteiger partial charge < -0.3 is 14.6 Å². The Bertz CT molecular complexity index is 487. The number of halogens is 1. The summed E-state index contributed by atoms with van der Waals surface area (Å²) in [5.74, 6) is 1.24. The molecule has 0 saturated heterocycles. The van der Waals surface area contributed by atoms with Crippen molar-refractivity contribution in [2.45, 2.75) is 44.4 Å². The van der Waals surface area contributed by atoms with Crippen LogP contribution in [0.4, 0.5) is 4.39 Å². The van der Waals surface area contributed by atoms with E-state index in [1.807, 2.05) is 0 Å². The molecule has 4 heteroatoms. The van der Waals surface area contributed by atoms with Crippen LogP contribution in [0.5, 0.6) is 11.5 Å². The van der Waals surface area contributed by atoms with Crippen LogP contribution in [0, 0.1) is 0 Å². The Morgan fingerprint density at radius 3 is 2.67 bits per heavy atom. The number of fused-ring (bicyclic) bond motifs is 1. The lowest BCUT2D eigenvalue weighted by Crippen LogP contribution is -2.14. The van der Waals surface area contributed by atoms with Crippen LogP contribution in [0.15, 0.2) is 12.1 Å². The fourth-order valence-electron chi connectivity index (χ4n) is 2.23. The first kappa shape index (κ1) is 11.8. The number of hydrogen-bond donors (Lipinski definition) is 1. The maximum absolute atomic E-state index is 14.1. The van der Waals surface area contributed by atoms with Crippen molar-refractivity contribution in [1.82, 2.24) is 0 Å². The van der Waals surface area contributed by atoms with Gasteiger partial charge in [-0.1, -0.05) is 0 Å². The molecule has 0 atom stereocenters. The standard InChI is InChI=1S/C14H17FO3/c1-13(2,15)10-5-9(7-14(16)3-4-14)12-11(6-10)17-8-18-12/h5-6,16H,3-4,7-8H2,1-2H3. The number of aliphatic hydroxyl groups is 1. The van der Waals surface area contributed by atoms with Crippen molar-refractivity contribution in [2.75, 3.05) is 6.79 Å². The lowest BCUT2D eigenvalue weighted by Gasteiger charge is -2.18. The molecule has 3 nitrogen and oxygen atoms in total. The summed E-state index contributed by atoms with van der Waals surface area (Å²) >= 11 is 0. The van der Waals surface area contributed by atoms with Crippen LogP contribution in [0.2, 0.25) is 0 Å². The fraction of sp³-hybridized carbons (Fsp3) is 0.571. The molecule has 98 valence electrons. The molecule has 1 saturated carbocycles. The number of ether oxygens (including phenoxy) is 2. The lowest BCUT2D eigenvalue weighted by molar-refractivity contribution is 0.147. The molecule has 1 heterocycles. The van der Waals surface area contributed by atoms with Gasteiger partial charge in [-0.05, 0) is 44.4 Å². The molecular formula is C14H17FO3. The normalized spacial score (nSPS) is 20.0. The predicted molar refractivity (Wildman–Crippen MR) is 64.6 cm³/mol. The first-order valence-corrected chi connectivity index (χ1v) is 6.22. The SMILES string of the molecule is CC(C)(F)c1cc(CC2(O)CC2)c2c(c1)OCO2. The summed E-state index contributed by atoms with van der Waals surface area (Å²) in [5.41, 5.74) is -0.655. The Morgan fingerprint density at radius 2 is 2.06 bits per heavy atom. The summed E-state index contributed by atoms with van der Waals surface area (Å²) in [6, 6.07) is 3.46. The molecule has 1 N–H and O–H groups in total. The van der Waals surface area contributed by atoms with Gasteiger partial charge in [0.25, 0.3) is 0 Å². The van der Waals surface area contributed by atoms with E-state index in [4.69, 9.17) is 9.47 Å². The molecule has 0 amide bonds. The largest absolute Gasteiger partial charge is 0.454 e. The van der Waals surface area contributed by atoms with E-state index in [9.17, 15) is 9.50 Å². The highest BCUT2D eigenvalue weighted by Gasteiger charge is 2.42. The summed E-state index contributed by atoms with van der Waals surface area (Å²) in [6.07, 6.45) is 2.10. The van der Waals surface area contributed by atoms with Gasteiger partial charge >= 0.3 is 0 Å². The molecule has 0 unspecified atom stereocenters. The third kappa shape index (κ3) is 2.05. The Labute approximate surface area is 106 Å². The molecule has 0 spiro atoms. The van der Waals surface area contributed by atoms with Crippen LogP contribution < -0.4 is 9.47 Å². The molecule has 3 rings (SSSR count). The predicted octanol–water partition coefficient (Wildman–Crippen LogP) is 2.69. The van der Waals surface area contributed by atoms with Gasteiger partial charge in [0.15, 0.2) is 11.5 Å². The van der Waals surface area contributed by atoms with Gasteiger partial charge in [0.2, 0.25) is 6.79 Å². The maximum Gasteiger partial charge on any atom is 0.231 e. The number of alkyl halides is 1. The van der Waals surface area contributed by atoms with Crippen LogP contribution in [0.3, 0.4) is 0 Å². The molecule has 0 bridgehead atoms. The quantitative estimate of drug-likeness (QED) is 0.899. The van der Waals surface area contributed by atoms with E-state index in [-0.39, 0.29) is 6.79 Å². The Kier molecular flexibility index (Phi) is 2.36. The summed E-state index contributed by atoms with van der Waals surface area (Å²) in [7, 11) is 0. The average Bonchev–Trinajstić information content (AvgIpc) is 2.80. The van der Waals surface area contributed by atoms with Crippen molar-refractivity contribution in [3.8, 4) is 11.5 Å². The van der Waals surface area contributed by atoms with E-state index >= 15 is 0 Å². The van der Waals surface area contributed by atoms with E-state index in [1.54, 1.807) is 12.1 Å². The monoisotopic (exact) mass is 252 g/mol. The minimum absolute atomic E-state index is 0.164. The third-order valence-corrected chi connectivity index (χ3v) is 3.58. The topological polar surface area (TPSA) is 38.7 Å². The number of rotatable bonds is 3. The van der Waals surface area contributed by atoms with Crippen LogP contribution in [0.1, 0.15) is 37.8 Å². The Balaban J connectivity index is 2.03. The number of hydrogen-bond acceptors (Lipinski definition) is 3. The Hall–Kier alpha value is -1.29. The van der Waals surface area contributed by atoms with Gasteiger partial charge in [-0.2, -0.15) is 0 Å². The first-order chi connectivity index (χ1) is 8.37. The molecule has 1 fully saturated rings. The van der Waals surface area contributed by atoms with Gasteiger partial charge in [-0.15, -0.1) is 0 Å². The van der Waals surface area contributed by atoms with Gasteiger partial charge in [0, 0.05) is 12.0 Å². The molecule has 0 radical (unpaired) electrons. The van der Waals surface area contributed by atoms with E-state index < -0.39 is 11.3 Å². The third-order valence-electron chi connectivity index (χ3n) is 3.58. The highest BCUT2D eigenvalue weighted by atomic mass is 19.1. The molecule has 1 aliphatic heterocycles. The molecule has 18 heavy (non-hydrogen) atoms. The fourth-order valence-corrected chi connectivity index (χ4v) is 2.23. The second-order valence-corrected chi connectivity index (χ2v) is 5.74. The van der Waals surface area contributed by atoms with E-state index in [2.05, 4.69) is 0 Å². The van der Waals surface area contributed by atoms with Crippen molar-refractivity contribution >= 4 is 0 Å². The van der Waals surface area contributed by atoms with Gasteiger partial charge in [0.1, 0.15) is 5.67 Å². The van der Waals surface area contributed by atoms with Crippen molar-refractivity contribution < 1.29 is 19.0 Å². The summed E-state index contributed by atoms with van der Waals surface area (Å²) in [5, 5.41) is 10.0. The van der Waals surface area contributed by atoms with Crippen molar-refractivity contribution in [3.63, 3.8) is 0 Å². The summed E-state index contributed by atoms with van der Waals surface area (Å²) in [4.78, 5) is 0. The Morgan fingerprint density at radius 1 is 1.33 bits per heavy atom. The highest BCUT2D eigenvalue weighted by Crippen LogP contribution is 2.45. The molecular weight excluding hydrogens is 235 g/mol. The zero-order valence-corrected chi connectivity index (χ0v) is 10.6. The minimum Gasteiger partial charge on any atom is -0.454 e. The summed E-state index contributed by atoms with van der Waals surface area (Å²) in [6.45, 7) is 3.19. The van der Waals surface area contributed by atoms with Crippen molar-refractivity contribution in [1.29, 1.82) is 0 Å². The van der Waals surface area contributed by atoms with E-state index in [1.165, 1.54) is 13.8 Å². The van der Waals surface area contributed by atoms with Crippen molar-refractivity contribution in [2.24, 2.45) is 0 Å². The van der Waals surface area contributed by atoms with Crippen LogP contribution in [0.25, 0.3) is 0 Å². The second-order valence-electron chi connectivity index (χ2n) is 5.74. The van der Waals surface area contributed by atoms with Crippen LogP contribution >= 0.6 is 0 Å². The maximum atomic E-state index is 14.1. The van der Waals surface area contributed by atoms with Crippen LogP contribution in [-0.4, -0.2) is 17.5 Å². The van der Waals surface area contributed by atoms with E-state index in [0.29, 0.717) is 23.5 Å². The smallest absolute Gasteiger partial charge is 0.231 e. The second kappa shape index (κ2) is 3.60. The van der Waals surface area contributed by atoms with E-state index in [0.717, 1.165) is 18.4 Å². The van der Waals surface area contributed by atoms with Gasteiger partial charge in [0.05, 0.1) is 5.60 Å².